The lowest BCUT2D eigenvalue weighted by Gasteiger charge is -2.11. The molecule has 0 aliphatic carbocycles. The molecule has 1 aromatic rings. The normalized spacial score (nSPS) is 11.7. The lowest BCUT2D eigenvalue weighted by Crippen LogP contribution is -2.35. The van der Waals surface area contributed by atoms with E-state index in [1.807, 2.05) is 19.1 Å². The highest BCUT2D eigenvalue weighted by atomic mass is 32.2. The number of hydrogen-bond acceptors (Lipinski definition) is 2. The standard InChI is InChI=1S/C10H16N2O2S/c1-8(2)11-15(13,14)12-10-6-4-9(3)5-7-10/h4-8,11-12H,1-3H3. The summed E-state index contributed by atoms with van der Waals surface area (Å²) >= 11 is 0. The summed E-state index contributed by atoms with van der Waals surface area (Å²) in [5.41, 5.74) is 1.66. The Morgan fingerprint density at radius 3 is 2.13 bits per heavy atom. The lowest BCUT2D eigenvalue weighted by atomic mass is 10.2. The van der Waals surface area contributed by atoms with Gasteiger partial charge in [-0.2, -0.15) is 13.1 Å². The summed E-state index contributed by atoms with van der Waals surface area (Å²) in [5, 5.41) is 0. The van der Waals surface area contributed by atoms with Crippen LogP contribution in [0.3, 0.4) is 0 Å². The summed E-state index contributed by atoms with van der Waals surface area (Å²) in [6.07, 6.45) is 0. The van der Waals surface area contributed by atoms with Crippen molar-refractivity contribution in [3.8, 4) is 0 Å². The van der Waals surface area contributed by atoms with Crippen LogP contribution >= 0.6 is 0 Å². The number of aryl methyl sites for hydroxylation is 1. The first-order chi connectivity index (χ1) is 6.89. The van der Waals surface area contributed by atoms with Crippen molar-refractivity contribution in [1.29, 1.82) is 0 Å². The highest BCUT2D eigenvalue weighted by molar-refractivity contribution is 7.90. The summed E-state index contributed by atoms with van der Waals surface area (Å²) in [4.78, 5) is 0. The van der Waals surface area contributed by atoms with E-state index in [4.69, 9.17) is 0 Å². The first-order valence-corrected chi connectivity index (χ1v) is 6.24. The van der Waals surface area contributed by atoms with Gasteiger partial charge in [-0.1, -0.05) is 17.7 Å². The average Bonchev–Trinajstić information content (AvgIpc) is 2.06. The van der Waals surface area contributed by atoms with E-state index in [1.54, 1.807) is 26.0 Å². The van der Waals surface area contributed by atoms with Crippen LogP contribution in [-0.2, 0) is 10.2 Å². The molecule has 0 atom stereocenters. The highest BCUT2D eigenvalue weighted by Crippen LogP contribution is 2.09. The summed E-state index contributed by atoms with van der Waals surface area (Å²) in [6, 6.07) is 7.05. The van der Waals surface area contributed by atoms with E-state index in [2.05, 4.69) is 9.44 Å². The predicted molar refractivity (Wildman–Crippen MR) is 62.0 cm³/mol. The molecule has 1 aromatic carbocycles. The highest BCUT2D eigenvalue weighted by Gasteiger charge is 2.10. The van der Waals surface area contributed by atoms with Crippen molar-refractivity contribution in [2.75, 3.05) is 4.72 Å². The molecular formula is C10H16N2O2S. The van der Waals surface area contributed by atoms with Crippen molar-refractivity contribution in [1.82, 2.24) is 4.72 Å². The Morgan fingerprint density at radius 1 is 1.13 bits per heavy atom. The third kappa shape index (κ3) is 4.31. The topological polar surface area (TPSA) is 58.2 Å². The number of anilines is 1. The minimum Gasteiger partial charge on any atom is -0.271 e. The monoisotopic (exact) mass is 228 g/mol. The van der Waals surface area contributed by atoms with Gasteiger partial charge in [0.25, 0.3) is 10.2 Å². The molecule has 0 radical (unpaired) electrons. The Balaban J connectivity index is 2.73. The molecule has 0 heterocycles. The number of rotatable bonds is 4. The smallest absolute Gasteiger partial charge is 0.271 e. The molecule has 0 spiro atoms. The van der Waals surface area contributed by atoms with Crippen LogP contribution in [0.5, 0.6) is 0 Å². The van der Waals surface area contributed by atoms with Crippen LogP contribution in [0.1, 0.15) is 19.4 Å². The second-order valence-corrected chi connectivity index (χ2v) is 5.19. The molecule has 5 heteroatoms. The largest absolute Gasteiger partial charge is 0.299 e. The van der Waals surface area contributed by atoms with Gasteiger partial charge in [-0.15, -0.1) is 0 Å². The van der Waals surface area contributed by atoms with E-state index >= 15 is 0 Å². The number of nitrogens with one attached hydrogen (secondary N) is 2. The Kier molecular flexibility index (Phi) is 3.71. The molecule has 0 amide bonds. The van der Waals surface area contributed by atoms with Gasteiger partial charge in [0, 0.05) is 11.7 Å². The fourth-order valence-corrected chi connectivity index (χ4v) is 2.24. The average molecular weight is 228 g/mol. The lowest BCUT2D eigenvalue weighted by molar-refractivity contribution is 0.575. The molecule has 0 saturated heterocycles. The maximum absolute atomic E-state index is 11.5. The van der Waals surface area contributed by atoms with Crippen LogP contribution in [0, 0.1) is 6.92 Å². The van der Waals surface area contributed by atoms with Crippen molar-refractivity contribution in [2.45, 2.75) is 26.8 Å². The van der Waals surface area contributed by atoms with Crippen LogP contribution < -0.4 is 9.44 Å². The van der Waals surface area contributed by atoms with Gasteiger partial charge in [0.05, 0.1) is 0 Å². The van der Waals surface area contributed by atoms with Crippen LogP contribution in [0.15, 0.2) is 24.3 Å². The first kappa shape index (κ1) is 12.0. The zero-order valence-corrected chi connectivity index (χ0v) is 9.93. The van der Waals surface area contributed by atoms with Crippen molar-refractivity contribution < 1.29 is 8.42 Å². The summed E-state index contributed by atoms with van der Waals surface area (Å²) < 4.78 is 27.8. The molecule has 4 nitrogen and oxygen atoms in total. The molecule has 0 unspecified atom stereocenters. The van der Waals surface area contributed by atoms with E-state index < -0.39 is 10.2 Å². The zero-order valence-electron chi connectivity index (χ0n) is 9.11. The molecule has 84 valence electrons. The Bertz CT molecular complexity index is 410. The molecule has 0 aromatic heterocycles. The van der Waals surface area contributed by atoms with Gasteiger partial charge in [-0.25, -0.2) is 0 Å². The molecule has 2 N–H and O–H groups in total. The van der Waals surface area contributed by atoms with E-state index in [0.717, 1.165) is 5.56 Å². The second kappa shape index (κ2) is 4.63. The molecule has 15 heavy (non-hydrogen) atoms. The molecule has 0 fully saturated rings. The van der Waals surface area contributed by atoms with Gasteiger partial charge in [-0.05, 0) is 32.9 Å². The Hall–Kier alpha value is -1.07. The van der Waals surface area contributed by atoms with E-state index in [-0.39, 0.29) is 6.04 Å². The molecule has 0 aliphatic heterocycles. The van der Waals surface area contributed by atoms with Crippen molar-refractivity contribution >= 4 is 15.9 Å². The van der Waals surface area contributed by atoms with Gasteiger partial charge >= 0.3 is 0 Å². The van der Waals surface area contributed by atoms with Crippen LogP contribution in [0.4, 0.5) is 5.69 Å². The predicted octanol–water partition coefficient (Wildman–Crippen LogP) is 1.65. The fourth-order valence-electron chi connectivity index (χ4n) is 1.12. The van der Waals surface area contributed by atoms with Crippen LogP contribution in [-0.4, -0.2) is 14.5 Å². The minimum absolute atomic E-state index is 0.118. The summed E-state index contributed by atoms with van der Waals surface area (Å²) in [5.74, 6) is 0. The SMILES string of the molecule is Cc1ccc(NS(=O)(=O)NC(C)C)cc1. The number of hydrogen-bond donors (Lipinski definition) is 2. The summed E-state index contributed by atoms with van der Waals surface area (Å²) in [6.45, 7) is 5.49. The Labute approximate surface area is 90.9 Å². The van der Waals surface area contributed by atoms with E-state index in [9.17, 15) is 8.42 Å². The molecule has 0 aliphatic rings. The van der Waals surface area contributed by atoms with Crippen molar-refractivity contribution in [2.24, 2.45) is 0 Å². The van der Waals surface area contributed by atoms with Crippen LogP contribution in [0.2, 0.25) is 0 Å². The third-order valence-electron chi connectivity index (χ3n) is 1.69. The third-order valence-corrected chi connectivity index (χ3v) is 2.98. The molecule has 0 bridgehead atoms. The van der Waals surface area contributed by atoms with Crippen molar-refractivity contribution in [3.05, 3.63) is 29.8 Å². The second-order valence-electron chi connectivity index (χ2n) is 3.74. The van der Waals surface area contributed by atoms with Gasteiger partial charge in [0.2, 0.25) is 0 Å². The summed E-state index contributed by atoms with van der Waals surface area (Å²) in [7, 11) is -3.45. The van der Waals surface area contributed by atoms with Crippen molar-refractivity contribution in [3.63, 3.8) is 0 Å². The van der Waals surface area contributed by atoms with Gasteiger partial charge in [0.1, 0.15) is 0 Å². The molecule has 0 saturated carbocycles. The van der Waals surface area contributed by atoms with Gasteiger partial charge in [-0.3, -0.25) is 4.72 Å². The Morgan fingerprint density at radius 2 is 1.67 bits per heavy atom. The fraction of sp³-hybridized carbons (Fsp3) is 0.400. The van der Waals surface area contributed by atoms with E-state index in [1.165, 1.54) is 0 Å². The quantitative estimate of drug-likeness (QED) is 0.823. The minimum atomic E-state index is -3.45. The molecule has 1 rings (SSSR count). The zero-order chi connectivity index (χ0) is 11.5. The van der Waals surface area contributed by atoms with Gasteiger partial charge in [0.15, 0.2) is 0 Å². The maximum Gasteiger partial charge on any atom is 0.299 e. The van der Waals surface area contributed by atoms with Gasteiger partial charge < -0.3 is 0 Å². The van der Waals surface area contributed by atoms with E-state index in [0.29, 0.717) is 5.69 Å². The van der Waals surface area contributed by atoms with Crippen LogP contribution in [0.25, 0.3) is 0 Å². The first-order valence-electron chi connectivity index (χ1n) is 4.76. The molecular weight excluding hydrogens is 212 g/mol. The number of benzene rings is 1. The maximum atomic E-state index is 11.5.